The fourth-order valence-electron chi connectivity index (χ4n) is 8.74. The fourth-order valence-corrected chi connectivity index (χ4v) is 8.74. The van der Waals surface area contributed by atoms with Gasteiger partial charge in [-0.05, 0) is 67.1 Å². The van der Waals surface area contributed by atoms with Crippen molar-refractivity contribution < 1.29 is 0 Å². The molecule has 1 aromatic heterocycles. The predicted molar refractivity (Wildman–Crippen MR) is 216 cm³/mol. The molecule has 0 aliphatic carbocycles. The Hall–Kier alpha value is -6.42. The maximum Gasteiger partial charge on any atom is 0.0566 e. The van der Waals surface area contributed by atoms with Crippen molar-refractivity contribution >= 4 is 81.4 Å². The molecule has 2 unspecified atom stereocenters. The maximum absolute atomic E-state index is 5.73. The van der Waals surface area contributed by atoms with Crippen LogP contribution in [-0.2, 0) is 0 Å². The van der Waals surface area contributed by atoms with Crippen molar-refractivity contribution in [2.45, 2.75) is 12.3 Å². The van der Waals surface area contributed by atoms with Crippen molar-refractivity contribution in [3.8, 4) is 0 Å². The molecule has 11 rings (SSSR count). The summed E-state index contributed by atoms with van der Waals surface area (Å²) in [5.41, 5.74) is 5.84. The number of hydrogen-bond acceptors (Lipinski definition) is 1. The highest BCUT2D eigenvalue weighted by Gasteiger charge is 2.24. The van der Waals surface area contributed by atoms with E-state index in [1.807, 2.05) is 0 Å². The molecule has 0 spiro atoms. The van der Waals surface area contributed by atoms with Crippen LogP contribution in [0.3, 0.4) is 0 Å². The van der Waals surface area contributed by atoms with Gasteiger partial charge in [0.25, 0.3) is 0 Å². The summed E-state index contributed by atoms with van der Waals surface area (Å²) >= 11 is 0. The van der Waals surface area contributed by atoms with E-state index in [-0.39, 0.29) is 12.3 Å². The molecule has 1 aliphatic rings. The summed E-state index contributed by atoms with van der Waals surface area (Å²) in [4.78, 5) is 0. The molecule has 0 saturated carbocycles. The standard InChI is InChI=1S/C48H32N3/c1-4-18-33-30(13-1)16-11-24-37(33)42-29-44(50-48(49-42)40-25-12-17-31-14-2-5-19-34(31)40)51-43-26-10-9-23-41(43)46-45-35-20-6-3-15-32(35)27-28-38(45)36-21-7-8-22-39(36)47(46)51/h1-29,44,48-49H/q-1. The highest BCUT2D eigenvalue weighted by molar-refractivity contribution is 6.36. The second-order valence-corrected chi connectivity index (χ2v) is 13.7. The van der Waals surface area contributed by atoms with Crippen LogP contribution in [0.15, 0.2) is 176 Å². The van der Waals surface area contributed by atoms with E-state index >= 15 is 0 Å². The zero-order valence-corrected chi connectivity index (χ0v) is 27.8. The van der Waals surface area contributed by atoms with E-state index in [9.17, 15) is 0 Å². The first-order valence-corrected chi connectivity index (χ1v) is 17.7. The number of benzene rings is 9. The normalized spacial score (nSPS) is 16.4. The number of para-hydroxylation sites is 1. The van der Waals surface area contributed by atoms with Crippen molar-refractivity contribution in [3.63, 3.8) is 0 Å². The zero-order chi connectivity index (χ0) is 33.5. The first-order valence-electron chi connectivity index (χ1n) is 17.7. The summed E-state index contributed by atoms with van der Waals surface area (Å²) < 4.78 is 2.51. The molecular formula is C48H32N3-. The van der Waals surface area contributed by atoms with Gasteiger partial charge in [-0.25, -0.2) is 0 Å². The molecule has 0 bridgehead atoms. The van der Waals surface area contributed by atoms with Crippen molar-refractivity contribution in [2.75, 3.05) is 0 Å². The second kappa shape index (κ2) is 11.0. The molecule has 1 N–H and O–H groups in total. The first-order chi connectivity index (χ1) is 25.3. The average Bonchev–Trinajstić information content (AvgIpc) is 3.55. The largest absolute Gasteiger partial charge is 0.615 e. The summed E-state index contributed by atoms with van der Waals surface area (Å²) in [6.07, 6.45) is 1.78. The van der Waals surface area contributed by atoms with Crippen LogP contribution in [-0.4, -0.2) is 4.57 Å². The van der Waals surface area contributed by atoms with Gasteiger partial charge in [0.1, 0.15) is 0 Å². The van der Waals surface area contributed by atoms with Gasteiger partial charge in [-0.1, -0.05) is 170 Å². The monoisotopic (exact) mass is 650 g/mol. The molecule has 3 nitrogen and oxygen atoms in total. The molecule has 2 heterocycles. The smallest absolute Gasteiger partial charge is 0.0566 e. The minimum absolute atomic E-state index is 0.274. The quantitative estimate of drug-likeness (QED) is 0.190. The van der Waals surface area contributed by atoms with Crippen molar-refractivity contribution in [1.82, 2.24) is 9.88 Å². The Morgan fingerprint density at radius 1 is 0.431 bits per heavy atom. The number of hydrogen-bond donors (Lipinski definition) is 1. The Balaban J connectivity index is 1.26. The maximum atomic E-state index is 5.73. The van der Waals surface area contributed by atoms with Crippen molar-refractivity contribution in [1.29, 1.82) is 0 Å². The lowest BCUT2D eigenvalue weighted by Crippen LogP contribution is -2.27. The molecule has 1 aliphatic heterocycles. The van der Waals surface area contributed by atoms with Crippen LogP contribution in [0.5, 0.6) is 0 Å². The Labute approximate surface area is 295 Å². The third-order valence-corrected chi connectivity index (χ3v) is 10.9. The van der Waals surface area contributed by atoms with Gasteiger partial charge in [-0.3, -0.25) is 0 Å². The van der Waals surface area contributed by atoms with Crippen LogP contribution in [0.1, 0.15) is 23.5 Å². The Bertz CT molecular complexity index is 3050. The Morgan fingerprint density at radius 2 is 1.02 bits per heavy atom. The van der Waals surface area contributed by atoms with E-state index in [4.69, 9.17) is 5.32 Å². The number of nitrogens with one attached hydrogen (secondary N) is 1. The molecule has 0 amide bonds. The van der Waals surface area contributed by atoms with Gasteiger partial charge in [-0.2, -0.15) is 0 Å². The number of rotatable bonds is 3. The van der Waals surface area contributed by atoms with Gasteiger partial charge < -0.3 is 15.2 Å². The van der Waals surface area contributed by atoms with Gasteiger partial charge in [0.2, 0.25) is 0 Å². The number of aromatic nitrogens is 1. The molecular weight excluding hydrogens is 619 g/mol. The van der Waals surface area contributed by atoms with Gasteiger partial charge in [0.15, 0.2) is 0 Å². The number of nitrogens with zero attached hydrogens (tertiary/aromatic N) is 2. The molecule has 9 aromatic carbocycles. The van der Waals surface area contributed by atoms with Crippen LogP contribution < -0.4 is 5.32 Å². The molecule has 0 fully saturated rings. The summed E-state index contributed by atoms with van der Waals surface area (Å²) in [6.45, 7) is 0. The molecule has 3 heteroatoms. The molecule has 0 saturated heterocycles. The fraction of sp³-hybridized carbons (Fsp3) is 0.0417. The average molecular weight is 651 g/mol. The van der Waals surface area contributed by atoms with Crippen molar-refractivity contribution in [3.05, 3.63) is 192 Å². The Kier molecular flexibility index (Phi) is 6.16. The molecule has 0 radical (unpaired) electrons. The van der Waals surface area contributed by atoms with Crippen molar-refractivity contribution in [2.24, 2.45) is 0 Å². The van der Waals surface area contributed by atoms with E-state index < -0.39 is 0 Å². The summed E-state index contributed by atoms with van der Waals surface area (Å²) in [5, 5.41) is 24.7. The lowest BCUT2D eigenvalue weighted by Gasteiger charge is -2.46. The lowest BCUT2D eigenvalue weighted by molar-refractivity contribution is 0.598. The van der Waals surface area contributed by atoms with Crippen LogP contribution in [0.25, 0.3) is 86.7 Å². The van der Waals surface area contributed by atoms with Gasteiger partial charge in [0.05, 0.1) is 5.52 Å². The first kappa shape index (κ1) is 28.4. The third kappa shape index (κ3) is 4.22. The molecule has 51 heavy (non-hydrogen) atoms. The summed E-state index contributed by atoms with van der Waals surface area (Å²) in [5.74, 6) is 0. The van der Waals surface area contributed by atoms with Gasteiger partial charge >= 0.3 is 0 Å². The van der Waals surface area contributed by atoms with E-state index in [2.05, 4.69) is 186 Å². The minimum Gasteiger partial charge on any atom is -0.615 e. The topological polar surface area (TPSA) is 31.1 Å². The zero-order valence-electron chi connectivity index (χ0n) is 27.8. The van der Waals surface area contributed by atoms with Crippen LogP contribution >= 0.6 is 0 Å². The highest BCUT2D eigenvalue weighted by Crippen LogP contribution is 2.48. The summed E-state index contributed by atoms with van der Waals surface area (Å²) in [6, 6.07) is 61.7. The lowest BCUT2D eigenvalue weighted by atomic mass is 9.93. The van der Waals surface area contributed by atoms with Gasteiger partial charge in [0, 0.05) is 38.3 Å². The van der Waals surface area contributed by atoms with E-state index in [0.717, 1.165) is 5.70 Å². The summed E-state index contributed by atoms with van der Waals surface area (Å²) in [7, 11) is 0. The molecule has 10 aromatic rings. The van der Waals surface area contributed by atoms with Crippen LogP contribution in [0, 0.1) is 0 Å². The predicted octanol–water partition coefficient (Wildman–Crippen LogP) is 12.8. The van der Waals surface area contributed by atoms with Gasteiger partial charge in [-0.15, -0.1) is 0 Å². The second-order valence-electron chi connectivity index (χ2n) is 13.7. The molecule has 240 valence electrons. The van der Waals surface area contributed by atoms with Crippen LogP contribution in [0.4, 0.5) is 0 Å². The number of fused-ring (bicyclic) bond motifs is 12. The Morgan fingerprint density at radius 3 is 1.82 bits per heavy atom. The minimum atomic E-state index is -0.289. The van der Waals surface area contributed by atoms with E-state index in [1.165, 1.54) is 86.8 Å². The van der Waals surface area contributed by atoms with E-state index in [1.54, 1.807) is 0 Å². The van der Waals surface area contributed by atoms with Crippen LogP contribution in [0.2, 0.25) is 0 Å². The highest BCUT2D eigenvalue weighted by atomic mass is 15.3. The van der Waals surface area contributed by atoms with E-state index in [0.29, 0.717) is 0 Å². The third-order valence-electron chi connectivity index (χ3n) is 10.9. The SMILES string of the molecule is C1=C(c2cccc3ccccc23)NC(c2cccc3ccccc23)[N-]C1n1c2ccccc2c2c3c4ccccc4ccc3c3ccccc3c21. The molecule has 2 atom stereocenters.